The van der Waals surface area contributed by atoms with E-state index in [1.807, 2.05) is 30.3 Å². The molecule has 3 heteroatoms. The summed E-state index contributed by atoms with van der Waals surface area (Å²) in [7, 11) is 0. The minimum Gasteiger partial charge on any atom is -0.492 e. The summed E-state index contributed by atoms with van der Waals surface area (Å²) < 4.78 is 5.65. The lowest BCUT2D eigenvalue weighted by molar-refractivity contribution is 0.0830. The molecule has 1 unspecified atom stereocenters. The lowest BCUT2D eigenvalue weighted by Crippen LogP contribution is -2.29. The molecule has 1 atom stereocenters. The smallest absolute Gasteiger partial charge is 0.173 e. The molecule has 0 spiro atoms. The van der Waals surface area contributed by atoms with Gasteiger partial charge < -0.3 is 4.74 Å². The first-order chi connectivity index (χ1) is 9.24. The summed E-state index contributed by atoms with van der Waals surface area (Å²) >= 11 is 5.90. The highest BCUT2D eigenvalue weighted by Gasteiger charge is 2.28. The highest BCUT2D eigenvalue weighted by atomic mass is 35.5. The molecule has 0 fully saturated rings. The quantitative estimate of drug-likeness (QED) is 0.832. The number of benzene rings is 2. The predicted octanol–water partition coefficient (Wildman–Crippen LogP) is 3.77. The number of Topliss-reactive ketones (excluding diaryl/α,β-unsaturated/α-hetero) is 1. The molecule has 1 heterocycles. The van der Waals surface area contributed by atoms with E-state index in [2.05, 4.69) is 0 Å². The van der Waals surface area contributed by atoms with Crippen molar-refractivity contribution >= 4 is 17.4 Å². The molecule has 0 amide bonds. The number of carbonyl (C=O) groups is 1. The molecule has 0 saturated carbocycles. The average molecular weight is 273 g/mol. The molecule has 0 aromatic heterocycles. The number of ether oxygens (including phenoxy) is 1. The van der Waals surface area contributed by atoms with Crippen molar-refractivity contribution in [2.24, 2.45) is 5.92 Å². The van der Waals surface area contributed by atoms with Crippen LogP contribution >= 0.6 is 11.6 Å². The number of fused-ring (bicyclic) bond motifs is 1. The first-order valence-electron chi connectivity index (χ1n) is 6.24. The van der Waals surface area contributed by atoms with Gasteiger partial charge in [0.25, 0.3) is 0 Å². The Morgan fingerprint density at radius 2 is 1.95 bits per heavy atom. The van der Waals surface area contributed by atoms with Crippen molar-refractivity contribution in [3.63, 3.8) is 0 Å². The van der Waals surface area contributed by atoms with E-state index in [4.69, 9.17) is 16.3 Å². The van der Waals surface area contributed by atoms with Crippen molar-refractivity contribution in [2.45, 2.75) is 6.42 Å². The Morgan fingerprint density at radius 1 is 1.16 bits per heavy atom. The zero-order valence-corrected chi connectivity index (χ0v) is 11.1. The van der Waals surface area contributed by atoms with Crippen molar-refractivity contribution in [1.29, 1.82) is 0 Å². The third-order valence-corrected chi connectivity index (χ3v) is 3.58. The zero-order chi connectivity index (χ0) is 13.2. The van der Waals surface area contributed by atoms with E-state index >= 15 is 0 Å². The summed E-state index contributed by atoms with van der Waals surface area (Å²) in [6.07, 6.45) is 0.710. The number of ketones is 1. The highest BCUT2D eigenvalue weighted by Crippen LogP contribution is 2.31. The lowest BCUT2D eigenvalue weighted by Gasteiger charge is -2.24. The van der Waals surface area contributed by atoms with Gasteiger partial charge in [0.05, 0.1) is 18.1 Å². The van der Waals surface area contributed by atoms with E-state index in [1.54, 1.807) is 18.2 Å². The van der Waals surface area contributed by atoms with Crippen LogP contribution < -0.4 is 4.74 Å². The van der Waals surface area contributed by atoms with Crippen LogP contribution in [-0.2, 0) is 6.42 Å². The minimum atomic E-state index is -0.115. The van der Waals surface area contributed by atoms with Crippen LogP contribution in [0.3, 0.4) is 0 Å². The van der Waals surface area contributed by atoms with Gasteiger partial charge in [-0.2, -0.15) is 0 Å². The average Bonchev–Trinajstić information content (AvgIpc) is 2.43. The molecule has 2 aromatic rings. The topological polar surface area (TPSA) is 26.3 Å². The monoisotopic (exact) mass is 272 g/mol. The van der Waals surface area contributed by atoms with E-state index in [0.717, 1.165) is 5.56 Å². The summed E-state index contributed by atoms with van der Waals surface area (Å²) in [4.78, 5) is 12.4. The molecule has 2 aromatic carbocycles. The molecule has 1 aliphatic rings. The molecule has 0 bridgehead atoms. The van der Waals surface area contributed by atoms with Crippen LogP contribution in [0, 0.1) is 5.92 Å². The summed E-state index contributed by atoms with van der Waals surface area (Å²) in [6.45, 7) is 0.418. The number of carbonyl (C=O) groups excluding carboxylic acids is 1. The van der Waals surface area contributed by atoms with E-state index in [-0.39, 0.29) is 11.7 Å². The van der Waals surface area contributed by atoms with Crippen LogP contribution in [-0.4, -0.2) is 12.4 Å². The van der Waals surface area contributed by atoms with Gasteiger partial charge in [0.1, 0.15) is 5.75 Å². The Kier molecular flexibility index (Phi) is 3.26. The standard InChI is InChI=1S/C16H13ClO2/c17-13-6-7-14-15(9-13)19-10-12(16(14)18)8-11-4-2-1-3-5-11/h1-7,9,12H,8,10H2. The second kappa shape index (κ2) is 5.06. The molecule has 3 rings (SSSR count). The van der Waals surface area contributed by atoms with E-state index < -0.39 is 0 Å². The molecule has 2 nitrogen and oxygen atoms in total. The van der Waals surface area contributed by atoms with Gasteiger partial charge in [0, 0.05) is 5.02 Å². The second-order valence-corrected chi connectivity index (χ2v) is 5.14. The molecule has 96 valence electrons. The van der Waals surface area contributed by atoms with E-state index in [0.29, 0.717) is 29.4 Å². The maximum Gasteiger partial charge on any atom is 0.173 e. The fourth-order valence-corrected chi connectivity index (χ4v) is 2.52. The molecule has 0 radical (unpaired) electrons. The SMILES string of the molecule is O=C1c2ccc(Cl)cc2OCC1Cc1ccccc1. The summed E-state index contributed by atoms with van der Waals surface area (Å²) in [5.74, 6) is 0.625. The summed E-state index contributed by atoms with van der Waals surface area (Å²) in [5, 5.41) is 0.591. The Labute approximate surface area is 117 Å². The Bertz CT molecular complexity index is 607. The Balaban J connectivity index is 1.84. The molecule has 0 N–H and O–H groups in total. The maximum atomic E-state index is 12.4. The lowest BCUT2D eigenvalue weighted by atomic mass is 9.90. The van der Waals surface area contributed by atoms with Crippen molar-refractivity contribution < 1.29 is 9.53 Å². The van der Waals surface area contributed by atoms with Crippen LogP contribution in [0.2, 0.25) is 5.02 Å². The molecular weight excluding hydrogens is 260 g/mol. The van der Waals surface area contributed by atoms with Gasteiger partial charge in [-0.3, -0.25) is 4.79 Å². The van der Waals surface area contributed by atoms with E-state index in [1.165, 1.54) is 0 Å². The Hall–Kier alpha value is -1.80. The van der Waals surface area contributed by atoms with Gasteiger partial charge in [-0.15, -0.1) is 0 Å². The van der Waals surface area contributed by atoms with Gasteiger partial charge in [0.2, 0.25) is 0 Å². The van der Waals surface area contributed by atoms with Gasteiger partial charge in [0.15, 0.2) is 5.78 Å². The largest absolute Gasteiger partial charge is 0.492 e. The van der Waals surface area contributed by atoms with Gasteiger partial charge >= 0.3 is 0 Å². The van der Waals surface area contributed by atoms with Crippen LogP contribution in [0.4, 0.5) is 0 Å². The van der Waals surface area contributed by atoms with E-state index in [9.17, 15) is 4.79 Å². The third kappa shape index (κ3) is 2.49. The zero-order valence-electron chi connectivity index (χ0n) is 10.3. The number of hydrogen-bond donors (Lipinski definition) is 0. The summed E-state index contributed by atoms with van der Waals surface area (Å²) in [5.41, 5.74) is 1.79. The van der Waals surface area contributed by atoms with Crippen LogP contribution in [0.5, 0.6) is 5.75 Å². The third-order valence-electron chi connectivity index (χ3n) is 3.34. The second-order valence-electron chi connectivity index (χ2n) is 4.70. The molecular formula is C16H13ClO2. The molecule has 19 heavy (non-hydrogen) atoms. The number of halogens is 1. The van der Waals surface area contributed by atoms with Crippen molar-refractivity contribution in [3.05, 3.63) is 64.7 Å². The van der Waals surface area contributed by atoms with Gasteiger partial charge in [-0.25, -0.2) is 0 Å². The first-order valence-corrected chi connectivity index (χ1v) is 6.62. The fourth-order valence-electron chi connectivity index (χ4n) is 2.36. The van der Waals surface area contributed by atoms with Crippen molar-refractivity contribution in [2.75, 3.05) is 6.61 Å². The van der Waals surface area contributed by atoms with Crippen LogP contribution in [0.25, 0.3) is 0 Å². The van der Waals surface area contributed by atoms with Crippen molar-refractivity contribution in [3.8, 4) is 5.75 Å². The van der Waals surface area contributed by atoms with Crippen LogP contribution in [0.15, 0.2) is 48.5 Å². The fraction of sp³-hybridized carbons (Fsp3) is 0.188. The van der Waals surface area contributed by atoms with Crippen molar-refractivity contribution in [1.82, 2.24) is 0 Å². The highest BCUT2D eigenvalue weighted by molar-refractivity contribution is 6.30. The minimum absolute atomic E-state index is 0.115. The van der Waals surface area contributed by atoms with Crippen LogP contribution in [0.1, 0.15) is 15.9 Å². The Morgan fingerprint density at radius 3 is 2.74 bits per heavy atom. The first kappa shape index (κ1) is 12.2. The maximum absolute atomic E-state index is 12.4. The normalized spacial score (nSPS) is 17.7. The number of rotatable bonds is 2. The van der Waals surface area contributed by atoms with Gasteiger partial charge in [-0.05, 0) is 30.2 Å². The molecule has 0 aliphatic carbocycles. The number of hydrogen-bond acceptors (Lipinski definition) is 2. The molecule has 1 aliphatic heterocycles. The van der Waals surface area contributed by atoms with Gasteiger partial charge in [-0.1, -0.05) is 41.9 Å². The summed E-state index contributed by atoms with van der Waals surface area (Å²) in [6, 6.07) is 15.2. The predicted molar refractivity (Wildman–Crippen MR) is 74.9 cm³/mol. The molecule has 0 saturated heterocycles.